The van der Waals surface area contributed by atoms with Crippen LogP contribution < -0.4 is 10.1 Å². The first-order chi connectivity index (χ1) is 12.8. The maximum atomic E-state index is 8.92. The van der Waals surface area contributed by atoms with Crippen molar-refractivity contribution in [2.75, 3.05) is 13.2 Å². The van der Waals surface area contributed by atoms with Crippen LogP contribution in [0.15, 0.2) is 60.7 Å². The van der Waals surface area contributed by atoms with Crippen LogP contribution in [0.3, 0.4) is 0 Å². The van der Waals surface area contributed by atoms with Crippen LogP contribution in [0.2, 0.25) is 0 Å². The molecule has 0 saturated heterocycles. The Morgan fingerprint density at radius 3 is 2.54 bits per heavy atom. The summed E-state index contributed by atoms with van der Waals surface area (Å²) in [7, 11) is 0. The highest BCUT2D eigenvalue weighted by Gasteiger charge is 2.09. The molecule has 0 amide bonds. The highest BCUT2D eigenvalue weighted by molar-refractivity contribution is 5.87. The molecule has 0 unspecified atom stereocenters. The van der Waals surface area contributed by atoms with Gasteiger partial charge < -0.3 is 15.2 Å². The van der Waals surface area contributed by atoms with E-state index in [2.05, 4.69) is 72.9 Å². The van der Waals surface area contributed by atoms with Gasteiger partial charge in [0.15, 0.2) is 0 Å². The molecule has 0 fully saturated rings. The zero-order chi connectivity index (χ0) is 18.2. The molecule has 0 aromatic heterocycles. The summed E-state index contributed by atoms with van der Waals surface area (Å²) in [5, 5.41) is 14.8. The largest absolute Gasteiger partial charge is 0.489 e. The molecule has 0 spiro atoms. The highest BCUT2D eigenvalue weighted by atomic mass is 16.5. The van der Waals surface area contributed by atoms with Crippen LogP contribution in [0.25, 0.3) is 10.8 Å². The molecule has 0 aliphatic heterocycles. The molecule has 3 aromatic rings. The van der Waals surface area contributed by atoms with E-state index in [4.69, 9.17) is 9.84 Å². The Morgan fingerprint density at radius 1 is 0.923 bits per heavy atom. The molecule has 3 rings (SSSR count). The molecule has 0 aliphatic carbocycles. The van der Waals surface area contributed by atoms with Crippen molar-refractivity contribution < 1.29 is 9.84 Å². The van der Waals surface area contributed by atoms with Gasteiger partial charge in [-0.25, -0.2) is 0 Å². The lowest BCUT2D eigenvalue weighted by atomic mass is 10.0. The average Bonchev–Trinajstić information content (AvgIpc) is 2.68. The molecule has 0 bridgehead atoms. The van der Waals surface area contributed by atoms with Gasteiger partial charge in [-0.1, -0.05) is 60.2 Å². The summed E-state index contributed by atoms with van der Waals surface area (Å²) in [4.78, 5) is 0. The Hall–Kier alpha value is -2.36. The summed E-state index contributed by atoms with van der Waals surface area (Å²) in [6.45, 7) is 4.56. The van der Waals surface area contributed by atoms with Crippen LogP contribution in [-0.4, -0.2) is 18.3 Å². The minimum absolute atomic E-state index is 0.251. The standard InChI is InChI=1S/C23H27NO2/c1-18-8-10-19(11-9-18)17-26-23-13-12-20-6-2-3-7-21(20)22(23)16-24-14-4-5-15-25/h2-3,6-13,24-25H,4-5,14-17H2,1H3. The van der Waals surface area contributed by atoms with E-state index in [9.17, 15) is 0 Å². The van der Waals surface area contributed by atoms with Gasteiger partial charge in [-0.2, -0.15) is 0 Å². The summed E-state index contributed by atoms with van der Waals surface area (Å²) in [5.74, 6) is 0.930. The van der Waals surface area contributed by atoms with E-state index in [0.29, 0.717) is 6.61 Å². The van der Waals surface area contributed by atoms with Gasteiger partial charge in [0.25, 0.3) is 0 Å². The Morgan fingerprint density at radius 2 is 1.73 bits per heavy atom. The van der Waals surface area contributed by atoms with E-state index < -0.39 is 0 Å². The molecule has 0 aliphatic rings. The second-order valence-electron chi connectivity index (χ2n) is 6.65. The first-order valence-corrected chi connectivity index (χ1v) is 9.28. The summed E-state index contributed by atoms with van der Waals surface area (Å²) >= 11 is 0. The molecular weight excluding hydrogens is 322 g/mol. The topological polar surface area (TPSA) is 41.5 Å². The molecule has 3 heteroatoms. The van der Waals surface area contributed by atoms with E-state index in [0.717, 1.165) is 31.7 Å². The number of unbranched alkanes of at least 4 members (excludes halogenated alkanes) is 1. The number of aliphatic hydroxyl groups excluding tert-OH is 1. The zero-order valence-electron chi connectivity index (χ0n) is 15.4. The number of aliphatic hydroxyl groups is 1. The fourth-order valence-corrected chi connectivity index (χ4v) is 3.05. The van der Waals surface area contributed by atoms with Gasteiger partial charge in [0.1, 0.15) is 12.4 Å². The van der Waals surface area contributed by atoms with Gasteiger partial charge in [0, 0.05) is 18.7 Å². The van der Waals surface area contributed by atoms with Crippen molar-refractivity contribution in [2.24, 2.45) is 0 Å². The molecule has 0 saturated carbocycles. The molecule has 3 nitrogen and oxygen atoms in total. The Kier molecular flexibility index (Phi) is 6.64. The number of rotatable bonds is 9. The molecule has 0 heterocycles. The van der Waals surface area contributed by atoms with Crippen molar-refractivity contribution >= 4 is 10.8 Å². The average molecular weight is 349 g/mol. The summed E-state index contributed by atoms with van der Waals surface area (Å²) in [6.07, 6.45) is 1.81. The lowest BCUT2D eigenvalue weighted by molar-refractivity contribution is 0.283. The first-order valence-electron chi connectivity index (χ1n) is 9.28. The van der Waals surface area contributed by atoms with E-state index in [1.54, 1.807) is 0 Å². The van der Waals surface area contributed by atoms with Crippen LogP contribution in [0, 0.1) is 6.92 Å². The lowest BCUT2D eigenvalue weighted by Crippen LogP contribution is -2.16. The van der Waals surface area contributed by atoms with Crippen LogP contribution in [0.4, 0.5) is 0 Å². The zero-order valence-corrected chi connectivity index (χ0v) is 15.4. The van der Waals surface area contributed by atoms with Crippen molar-refractivity contribution in [1.82, 2.24) is 5.32 Å². The van der Waals surface area contributed by atoms with E-state index >= 15 is 0 Å². The first kappa shape index (κ1) is 18.4. The number of hydrogen-bond acceptors (Lipinski definition) is 3. The van der Waals surface area contributed by atoms with E-state index in [1.165, 1.54) is 27.5 Å². The van der Waals surface area contributed by atoms with Gasteiger partial charge >= 0.3 is 0 Å². The van der Waals surface area contributed by atoms with Crippen LogP contribution in [0.1, 0.15) is 29.5 Å². The lowest BCUT2D eigenvalue weighted by Gasteiger charge is -2.15. The number of hydrogen-bond donors (Lipinski definition) is 2. The van der Waals surface area contributed by atoms with Gasteiger partial charge in [-0.05, 0) is 48.7 Å². The third kappa shape index (κ3) is 4.84. The molecule has 2 N–H and O–H groups in total. The summed E-state index contributed by atoms with van der Waals surface area (Å²) < 4.78 is 6.17. The van der Waals surface area contributed by atoms with Crippen LogP contribution in [-0.2, 0) is 13.2 Å². The Labute approximate surface area is 155 Å². The fourth-order valence-electron chi connectivity index (χ4n) is 3.05. The van der Waals surface area contributed by atoms with Crippen LogP contribution >= 0.6 is 0 Å². The quantitative estimate of drug-likeness (QED) is 0.555. The monoisotopic (exact) mass is 349 g/mol. The van der Waals surface area contributed by atoms with E-state index in [1.807, 2.05) is 0 Å². The predicted octanol–water partition coefficient (Wildman–Crippen LogP) is 4.59. The number of ether oxygens (including phenoxy) is 1. The Bertz CT molecular complexity index is 827. The van der Waals surface area contributed by atoms with Gasteiger partial charge in [0.2, 0.25) is 0 Å². The number of benzene rings is 3. The minimum atomic E-state index is 0.251. The van der Waals surface area contributed by atoms with Gasteiger partial charge in [-0.3, -0.25) is 0 Å². The Balaban J connectivity index is 1.76. The number of fused-ring (bicyclic) bond motifs is 1. The minimum Gasteiger partial charge on any atom is -0.489 e. The van der Waals surface area contributed by atoms with Crippen molar-refractivity contribution in [3.63, 3.8) is 0 Å². The normalized spacial score (nSPS) is 11.0. The second-order valence-corrected chi connectivity index (χ2v) is 6.65. The van der Waals surface area contributed by atoms with Crippen molar-refractivity contribution in [3.05, 3.63) is 77.4 Å². The second kappa shape index (κ2) is 9.37. The molecule has 0 radical (unpaired) electrons. The summed E-state index contributed by atoms with van der Waals surface area (Å²) in [5.41, 5.74) is 3.62. The third-order valence-electron chi connectivity index (χ3n) is 4.58. The summed E-state index contributed by atoms with van der Waals surface area (Å²) in [6, 6.07) is 21.1. The fraction of sp³-hybridized carbons (Fsp3) is 0.304. The maximum absolute atomic E-state index is 8.92. The number of aryl methyl sites for hydroxylation is 1. The van der Waals surface area contributed by atoms with Crippen molar-refractivity contribution in [1.29, 1.82) is 0 Å². The molecule has 26 heavy (non-hydrogen) atoms. The SMILES string of the molecule is Cc1ccc(COc2ccc3ccccc3c2CNCCCCO)cc1. The predicted molar refractivity (Wildman–Crippen MR) is 107 cm³/mol. The van der Waals surface area contributed by atoms with Gasteiger partial charge in [-0.15, -0.1) is 0 Å². The van der Waals surface area contributed by atoms with Crippen molar-refractivity contribution in [3.8, 4) is 5.75 Å². The van der Waals surface area contributed by atoms with E-state index in [-0.39, 0.29) is 6.61 Å². The van der Waals surface area contributed by atoms with Gasteiger partial charge in [0.05, 0.1) is 0 Å². The third-order valence-corrected chi connectivity index (χ3v) is 4.58. The molecular formula is C23H27NO2. The number of nitrogens with one attached hydrogen (secondary N) is 1. The molecule has 136 valence electrons. The maximum Gasteiger partial charge on any atom is 0.124 e. The molecule has 0 atom stereocenters. The van der Waals surface area contributed by atoms with Crippen molar-refractivity contribution in [2.45, 2.75) is 32.9 Å². The van der Waals surface area contributed by atoms with Crippen LogP contribution in [0.5, 0.6) is 5.75 Å². The smallest absolute Gasteiger partial charge is 0.124 e. The highest BCUT2D eigenvalue weighted by Crippen LogP contribution is 2.28. The molecule has 3 aromatic carbocycles.